The van der Waals surface area contributed by atoms with E-state index in [2.05, 4.69) is 13.8 Å². The fourth-order valence-electron chi connectivity index (χ4n) is 0. The minimum Gasteiger partial charge on any atom is -0.550 e. The molecule has 0 saturated carbocycles. The van der Waals surface area contributed by atoms with Crippen LogP contribution in [0.25, 0.3) is 0 Å². The van der Waals surface area contributed by atoms with Crippen LogP contribution in [0.4, 0.5) is 0 Å². The molecule has 5 heteroatoms. The summed E-state index contributed by atoms with van der Waals surface area (Å²) >= 11 is 0. The number of aliphatic carboxylic acids is 2. The zero-order valence-corrected chi connectivity index (χ0v) is 9.92. The zero-order chi connectivity index (χ0) is 10.6. The average Bonchev–Trinajstić information content (AvgIpc) is 1.85. The molecule has 0 aliphatic heterocycles. The summed E-state index contributed by atoms with van der Waals surface area (Å²) in [6, 6.07) is 0. The molecule has 0 unspecified atom stereocenters. The molecule has 0 aliphatic rings. The molecule has 0 aromatic rings. The Balaban J connectivity index is -0.0000000450. The summed E-state index contributed by atoms with van der Waals surface area (Å²) in [6.45, 7) is 6.31. The van der Waals surface area contributed by atoms with Crippen LogP contribution in [0.3, 0.4) is 0 Å². The molecule has 0 spiro atoms. The number of hydrogen-bond acceptors (Lipinski definition) is 4. The monoisotopic (exact) mass is 282 g/mol. The van der Waals surface area contributed by atoms with Crippen LogP contribution in [0, 0.1) is 0 Å². The van der Waals surface area contributed by atoms with Crippen molar-refractivity contribution in [3.8, 4) is 0 Å². The summed E-state index contributed by atoms with van der Waals surface area (Å²) in [5, 5.41) is 17.8. The Labute approximate surface area is 93.0 Å². The van der Waals surface area contributed by atoms with Crippen molar-refractivity contribution in [1.29, 1.82) is 0 Å². The van der Waals surface area contributed by atoms with E-state index in [9.17, 15) is 0 Å². The Morgan fingerprint density at radius 3 is 1.00 bits per heavy atom. The molecule has 0 aromatic heterocycles. The first-order chi connectivity index (χ1) is 5.38. The van der Waals surface area contributed by atoms with Gasteiger partial charge in [0.05, 0.1) is 0 Å². The van der Waals surface area contributed by atoms with E-state index < -0.39 is 11.9 Å². The quantitative estimate of drug-likeness (QED) is 0.597. The number of carbonyl (C=O) groups is 2. The first kappa shape index (κ1) is 22.9. The zero-order valence-electron chi connectivity index (χ0n) is 8.36. The third-order valence-electron chi connectivity index (χ3n) is 0.500. The third kappa shape index (κ3) is 2950. The second-order valence-corrected chi connectivity index (χ2v) is 1.98. The minimum absolute atomic E-state index is 0. The largest absolute Gasteiger partial charge is 2.00 e. The molecule has 0 N–H and O–H groups in total. The van der Waals surface area contributed by atoms with Gasteiger partial charge in [0.2, 0.25) is 0 Å². The van der Waals surface area contributed by atoms with Gasteiger partial charge >= 0.3 is 20.4 Å². The normalized spacial score (nSPS) is 6.15. The van der Waals surface area contributed by atoms with Gasteiger partial charge in [-0.05, 0) is 13.8 Å². The van der Waals surface area contributed by atoms with Crippen molar-refractivity contribution in [2.45, 2.75) is 40.5 Å². The first-order valence-corrected chi connectivity index (χ1v) is 3.73. The maximum Gasteiger partial charge on any atom is 2.00 e. The molecule has 0 radical (unpaired) electrons. The maximum atomic E-state index is 8.89. The van der Waals surface area contributed by atoms with Crippen LogP contribution in [0.15, 0.2) is 0 Å². The van der Waals surface area contributed by atoms with Crippen molar-refractivity contribution in [1.82, 2.24) is 0 Å². The molecular formula is C8H16O4Pd. The Morgan fingerprint density at radius 1 is 0.923 bits per heavy atom. The van der Waals surface area contributed by atoms with E-state index in [0.717, 1.165) is 13.8 Å². The number of hydrogen-bond donors (Lipinski definition) is 0. The van der Waals surface area contributed by atoms with Crippen molar-refractivity contribution in [2.75, 3.05) is 0 Å². The molecule has 0 saturated heterocycles. The van der Waals surface area contributed by atoms with Gasteiger partial charge in [-0.2, -0.15) is 0 Å². The second-order valence-electron chi connectivity index (χ2n) is 1.98. The van der Waals surface area contributed by atoms with Crippen LogP contribution in [0.1, 0.15) is 40.5 Å². The summed E-state index contributed by atoms with van der Waals surface area (Å²) in [5.41, 5.74) is 0. The number of carboxylic acids is 2. The van der Waals surface area contributed by atoms with Crippen LogP contribution in [0.2, 0.25) is 0 Å². The molecule has 0 aromatic carbocycles. The number of carboxylic acid groups (broad SMARTS) is 2. The van der Waals surface area contributed by atoms with Crippen LogP contribution in [-0.4, -0.2) is 11.9 Å². The minimum atomic E-state index is -1.08. The molecule has 0 rings (SSSR count). The van der Waals surface area contributed by atoms with Crippen molar-refractivity contribution in [3.63, 3.8) is 0 Å². The Kier molecular flexibility index (Phi) is 39.8. The van der Waals surface area contributed by atoms with Gasteiger partial charge in [0.1, 0.15) is 0 Å². The van der Waals surface area contributed by atoms with Crippen molar-refractivity contribution in [2.24, 2.45) is 0 Å². The summed E-state index contributed by atoms with van der Waals surface area (Å²) in [4.78, 5) is 17.8. The van der Waals surface area contributed by atoms with Crippen LogP contribution in [-0.2, 0) is 30.0 Å². The molecule has 0 atom stereocenters. The van der Waals surface area contributed by atoms with E-state index >= 15 is 0 Å². The Hall–Kier alpha value is -0.398. The van der Waals surface area contributed by atoms with Crippen LogP contribution >= 0.6 is 0 Å². The second kappa shape index (κ2) is 22.6. The fourth-order valence-corrected chi connectivity index (χ4v) is 0. The maximum absolute atomic E-state index is 8.89. The van der Waals surface area contributed by atoms with Gasteiger partial charge in [0.25, 0.3) is 0 Å². The predicted molar refractivity (Wildman–Crippen MR) is 41.9 cm³/mol. The number of unbranched alkanes of at least 4 members (excludes halogenated alkanes) is 1. The molecule has 4 nitrogen and oxygen atoms in total. The Bertz CT molecular complexity index is 92.7. The number of rotatable bonds is 1. The van der Waals surface area contributed by atoms with E-state index in [4.69, 9.17) is 19.8 Å². The topological polar surface area (TPSA) is 80.3 Å². The molecular weight excluding hydrogens is 267 g/mol. The van der Waals surface area contributed by atoms with Crippen LogP contribution < -0.4 is 10.2 Å². The molecule has 82 valence electrons. The molecule has 0 amide bonds. The van der Waals surface area contributed by atoms with Gasteiger partial charge in [0, 0.05) is 11.9 Å². The van der Waals surface area contributed by atoms with Gasteiger partial charge in [-0.3, -0.25) is 0 Å². The SMILES string of the molecule is CC(=O)[O-].CC(=O)[O-].CCCC.[Pd+2]. The van der Waals surface area contributed by atoms with Gasteiger partial charge < -0.3 is 19.8 Å². The van der Waals surface area contributed by atoms with E-state index in [1.165, 1.54) is 12.8 Å². The average molecular weight is 283 g/mol. The van der Waals surface area contributed by atoms with Crippen molar-refractivity contribution in [3.05, 3.63) is 0 Å². The molecule has 0 heterocycles. The number of carbonyl (C=O) groups excluding carboxylic acids is 2. The van der Waals surface area contributed by atoms with Gasteiger partial charge in [-0.15, -0.1) is 0 Å². The standard InChI is InChI=1S/C4H10.2C2H4O2.Pd/c1-3-4-2;2*1-2(3)4;/h3-4H2,1-2H3;2*1H3,(H,3,4);/q;;;+2/p-2. The molecule has 0 bridgehead atoms. The molecule has 0 aliphatic carbocycles. The van der Waals surface area contributed by atoms with Gasteiger partial charge in [-0.25, -0.2) is 0 Å². The molecule has 0 fully saturated rings. The van der Waals surface area contributed by atoms with E-state index in [-0.39, 0.29) is 20.4 Å². The van der Waals surface area contributed by atoms with E-state index in [0.29, 0.717) is 0 Å². The smallest absolute Gasteiger partial charge is 0.550 e. The Morgan fingerprint density at radius 2 is 1.00 bits per heavy atom. The predicted octanol–water partition coefficient (Wildman–Crippen LogP) is -0.684. The summed E-state index contributed by atoms with van der Waals surface area (Å²) in [7, 11) is 0. The summed E-state index contributed by atoms with van der Waals surface area (Å²) in [6.07, 6.45) is 2.64. The summed E-state index contributed by atoms with van der Waals surface area (Å²) < 4.78 is 0. The first-order valence-electron chi connectivity index (χ1n) is 3.73. The summed E-state index contributed by atoms with van der Waals surface area (Å²) in [5.74, 6) is -2.17. The van der Waals surface area contributed by atoms with E-state index in [1.54, 1.807) is 0 Å². The van der Waals surface area contributed by atoms with E-state index in [1.807, 2.05) is 0 Å². The third-order valence-corrected chi connectivity index (χ3v) is 0.500. The van der Waals surface area contributed by atoms with Gasteiger partial charge in [-0.1, -0.05) is 26.7 Å². The fraction of sp³-hybridized carbons (Fsp3) is 0.750. The van der Waals surface area contributed by atoms with Crippen molar-refractivity contribution < 1.29 is 40.2 Å². The van der Waals surface area contributed by atoms with Gasteiger partial charge in [0.15, 0.2) is 0 Å². The van der Waals surface area contributed by atoms with Crippen molar-refractivity contribution >= 4 is 11.9 Å². The molecule has 13 heavy (non-hydrogen) atoms. The van der Waals surface area contributed by atoms with Crippen LogP contribution in [0.5, 0.6) is 0 Å².